The fourth-order valence-corrected chi connectivity index (χ4v) is 15.5. The van der Waals surface area contributed by atoms with Crippen molar-refractivity contribution in [2.45, 2.75) is 20.8 Å². The molecule has 0 spiro atoms. The highest BCUT2D eigenvalue weighted by molar-refractivity contribution is 6.94. The zero-order chi connectivity index (χ0) is 65.1. The SMILES string of the molecule is Cc1cc(C)c(B(c2nc(-c3ccccc3)nc(-c3cccc(-n4c5ccccc5c5cc6c(cc54)c4ccccc4n6-c4ccccc4)c3)n2)c2nc(-c3ccccc3)nc(-c3cccc(-n4c5ccccc5c5cc6c(cc54)c4ccccc4n6-c4ccccc4)c3)n2)c(C)c1. The van der Waals surface area contributed by atoms with Gasteiger partial charge >= 0.3 is 6.71 Å². The van der Waals surface area contributed by atoms with Gasteiger partial charge in [0.25, 0.3) is 0 Å². The van der Waals surface area contributed by atoms with Crippen LogP contribution in [-0.2, 0) is 0 Å². The van der Waals surface area contributed by atoms with E-state index in [-0.39, 0.29) is 0 Å². The summed E-state index contributed by atoms with van der Waals surface area (Å²) in [6.07, 6.45) is 0. The lowest BCUT2D eigenvalue weighted by Crippen LogP contribution is -2.59. The second-order valence-corrected chi connectivity index (χ2v) is 25.6. The number of aryl methyl sites for hydroxylation is 3. The number of para-hydroxylation sites is 6. The van der Waals surface area contributed by atoms with Gasteiger partial charge in [0.15, 0.2) is 23.3 Å². The van der Waals surface area contributed by atoms with Gasteiger partial charge < -0.3 is 18.3 Å². The van der Waals surface area contributed by atoms with E-state index in [2.05, 4.69) is 306 Å². The van der Waals surface area contributed by atoms with Gasteiger partial charge in [0.1, 0.15) is 11.4 Å². The maximum atomic E-state index is 5.67. The van der Waals surface area contributed by atoms with Crippen molar-refractivity contribution in [2.75, 3.05) is 0 Å². The zero-order valence-electron chi connectivity index (χ0n) is 53.9. The van der Waals surface area contributed by atoms with Crippen LogP contribution >= 0.6 is 0 Å². The normalized spacial score (nSPS) is 11.8. The Balaban J connectivity index is 0.804. The Bertz CT molecular complexity index is 6020. The third kappa shape index (κ3) is 9.19. The summed E-state index contributed by atoms with van der Waals surface area (Å²) < 4.78 is 9.56. The van der Waals surface area contributed by atoms with E-state index >= 15 is 0 Å². The molecule has 98 heavy (non-hydrogen) atoms. The van der Waals surface area contributed by atoms with E-state index in [1.807, 2.05) is 36.4 Å². The molecular formula is C87H59BN10. The van der Waals surface area contributed by atoms with Crippen LogP contribution in [0.4, 0.5) is 0 Å². The Morgan fingerprint density at radius 2 is 0.500 bits per heavy atom. The topological polar surface area (TPSA) is 97.1 Å². The van der Waals surface area contributed by atoms with Crippen molar-refractivity contribution >= 4 is 111 Å². The fourth-order valence-electron chi connectivity index (χ4n) is 15.5. The van der Waals surface area contributed by atoms with Crippen molar-refractivity contribution in [3.8, 4) is 68.3 Å². The predicted molar refractivity (Wildman–Crippen MR) is 404 cm³/mol. The van der Waals surface area contributed by atoms with Crippen molar-refractivity contribution in [2.24, 2.45) is 0 Å². The summed E-state index contributed by atoms with van der Waals surface area (Å²) in [6, 6.07) is 108. The molecule has 6 heterocycles. The molecule has 0 unspecified atom stereocenters. The molecule has 0 aliphatic rings. The van der Waals surface area contributed by atoms with Gasteiger partial charge in [0.05, 0.1) is 44.1 Å². The Labute approximate surface area is 564 Å². The maximum absolute atomic E-state index is 5.67. The minimum atomic E-state index is -0.689. The monoisotopic (exact) mass is 1250 g/mol. The lowest BCUT2D eigenvalue weighted by Gasteiger charge is -2.20. The van der Waals surface area contributed by atoms with Crippen LogP contribution in [0.15, 0.2) is 303 Å². The molecule has 0 amide bonds. The molecule has 0 fully saturated rings. The van der Waals surface area contributed by atoms with Crippen molar-refractivity contribution in [3.63, 3.8) is 0 Å². The predicted octanol–water partition coefficient (Wildman–Crippen LogP) is 18.6. The summed E-state index contributed by atoms with van der Waals surface area (Å²) in [6.45, 7) is 5.81. The zero-order valence-corrected chi connectivity index (χ0v) is 53.9. The number of rotatable bonds is 11. The van der Waals surface area contributed by atoms with Crippen LogP contribution < -0.4 is 16.9 Å². The van der Waals surface area contributed by atoms with Crippen LogP contribution in [0.25, 0.3) is 156 Å². The Morgan fingerprint density at radius 1 is 0.224 bits per heavy atom. The Morgan fingerprint density at radius 3 is 0.847 bits per heavy atom. The average molecular weight is 1260 g/mol. The second kappa shape index (κ2) is 22.7. The molecule has 0 bridgehead atoms. The smallest absolute Gasteiger partial charge is 0.309 e. The summed E-state index contributed by atoms with van der Waals surface area (Å²) >= 11 is 0. The summed E-state index contributed by atoms with van der Waals surface area (Å²) in [5.74, 6) is 2.12. The van der Waals surface area contributed by atoms with Gasteiger partial charge in [-0.2, -0.15) is 0 Å². The van der Waals surface area contributed by atoms with Crippen molar-refractivity contribution in [3.05, 3.63) is 320 Å². The summed E-state index contributed by atoms with van der Waals surface area (Å²) in [5, 5.41) is 9.39. The molecule has 0 radical (unpaired) electrons. The molecule has 19 rings (SSSR count). The molecule has 460 valence electrons. The minimum absolute atomic E-state index is 0.512. The summed E-state index contributed by atoms with van der Waals surface area (Å²) in [7, 11) is 0. The van der Waals surface area contributed by atoms with E-state index in [9.17, 15) is 0 Å². The summed E-state index contributed by atoms with van der Waals surface area (Å²) in [4.78, 5) is 33.3. The van der Waals surface area contributed by atoms with Crippen LogP contribution in [0.5, 0.6) is 0 Å². The Kier molecular flexibility index (Phi) is 13.1. The molecule has 0 saturated carbocycles. The van der Waals surface area contributed by atoms with Gasteiger partial charge in [-0.15, -0.1) is 0 Å². The fraction of sp³-hybridized carbons (Fsp3) is 0.0345. The first-order chi connectivity index (χ1) is 48.3. The standard InChI is InChI=1S/C87H59BN10/c1-54-46-55(2)81(56(3)47-54)88(86-91-82(57-26-8-4-9-27-57)89-84(93-86)59-30-24-36-63(48-59)97-75-44-22-18-40-67(75)71-50-77-69(52-79(71)97)65-38-16-20-42-73(65)95(77)61-32-12-6-13-33-61)87-92-83(58-28-10-5-11-29-58)90-85(94-87)60-31-25-37-64(49-60)98-76-45-23-19-41-68(76)72-51-78-70(53-80(72)98)66-39-17-21-43-74(66)96(78)62-34-14-7-15-35-62/h4-53H,1-3H3. The van der Waals surface area contributed by atoms with Crippen molar-refractivity contribution in [1.29, 1.82) is 0 Å². The highest BCUT2D eigenvalue weighted by Gasteiger charge is 2.35. The number of fused-ring (bicyclic) bond motifs is 12. The lowest BCUT2D eigenvalue weighted by atomic mass is 9.41. The molecule has 0 atom stereocenters. The number of benzene rings is 13. The van der Waals surface area contributed by atoms with Crippen LogP contribution in [0.1, 0.15) is 16.7 Å². The Hall–Kier alpha value is -12.9. The number of aromatic nitrogens is 10. The van der Waals surface area contributed by atoms with Gasteiger partial charge in [-0.1, -0.05) is 228 Å². The second-order valence-electron chi connectivity index (χ2n) is 25.6. The van der Waals surface area contributed by atoms with Crippen molar-refractivity contribution in [1.82, 2.24) is 48.2 Å². The van der Waals surface area contributed by atoms with Crippen LogP contribution in [0.3, 0.4) is 0 Å². The number of hydrogen-bond acceptors (Lipinski definition) is 6. The van der Waals surface area contributed by atoms with Gasteiger partial charge in [-0.05, 0) is 118 Å². The highest BCUT2D eigenvalue weighted by Crippen LogP contribution is 2.43. The largest absolute Gasteiger partial charge is 0.338 e. The van der Waals surface area contributed by atoms with Gasteiger partial charge in [0, 0.05) is 88.1 Å². The van der Waals surface area contributed by atoms with E-state index in [4.69, 9.17) is 29.9 Å². The third-order valence-corrected chi connectivity index (χ3v) is 19.6. The molecule has 6 aromatic heterocycles. The van der Waals surface area contributed by atoms with E-state index in [0.717, 1.165) is 133 Å². The number of hydrogen-bond donors (Lipinski definition) is 0. The van der Waals surface area contributed by atoms with Gasteiger partial charge in [-0.25, -0.2) is 29.9 Å². The first-order valence-corrected chi connectivity index (χ1v) is 33.3. The molecule has 0 N–H and O–H groups in total. The van der Waals surface area contributed by atoms with E-state index in [1.54, 1.807) is 0 Å². The molecule has 0 saturated heterocycles. The van der Waals surface area contributed by atoms with E-state index in [1.165, 1.54) is 21.5 Å². The minimum Gasteiger partial charge on any atom is -0.309 e. The molecule has 19 aromatic rings. The molecule has 11 heteroatoms. The van der Waals surface area contributed by atoms with Gasteiger partial charge in [0.2, 0.25) is 0 Å². The first-order valence-electron chi connectivity index (χ1n) is 33.3. The van der Waals surface area contributed by atoms with Crippen LogP contribution in [-0.4, -0.2) is 54.9 Å². The lowest BCUT2D eigenvalue weighted by molar-refractivity contribution is 1.08. The van der Waals surface area contributed by atoms with E-state index in [0.29, 0.717) is 34.7 Å². The highest BCUT2D eigenvalue weighted by atomic mass is 15.1. The van der Waals surface area contributed by atoms with Crippen LogP contribution in [0, 0.1) is 20.8 Å². The first kappa shape index (κ1) is 56.7. The molecule has 10 nitrogen and oxygen atoms in total. The van der Waals surface area contributed by atoms with Crippen LogP contribution in [0.2, 0.25) is 0 Å². The maximum Gasteiger partial charge on any atom is 0.338 e. The molecule has 13 aromatic carbocycles. The average Bonchev–Trinajstić information content (AvgIpc) is 1.34. The molecule has 0 aliphatic heterocycles. The molecular weight excluding hydrogens is 1200 g/mol. The number of nitrogens with zero attached hydrogens (tertiary/aromatic N) is 10. The third-order valence-electron chi connectivity index (χ3n) is 19.6. The van der Waals surface area contributed by atoms with Gasteiger partial charge in [-0.3, -0.25) is 0 Å². The molecule has 0 aliphatic carbocycles. The summed E-state index contributed by atoms with van der Waals surface area (Å²) in [5.41, 5.74) is 21.9. The van der Waals surface area contributed by atoms with Crippen molar-refractivity contribution < 1.29 is 0 Å². The quantitative estimate of drug-likeness (QED) is 0.120. The van der Waals surface area contributed by atoms with E-state index < -0.39 is 6.71 Å².